The SMILES string of the molecule is C#Cc1ccc(CC2CC(c3ccc(F)cc3)CC2C2CC(C)CC(N)C2)cc1. The molecule has 2 N–H and O–H groups in total. The summed E-state index contributed by atoms with van der Waals surface area (Å²) in [6.45, 7) is 2.35. The van der Waals surface area contributed by atoms with E-state index in [1.54, 1.807) is 12.1 Å². The Balaban J connectivity index is 1.56. The summed E-state index contributed by atoms with van der Waals surface area (Å²) in [6, 6.07) is 16.0. The van der Waals surface area contributed by atoms with E-state index in [4.69, 9.17) is 12.2 Å². The molecule has 0 aromatic heterocycles. The number of halogens is 1. The Morgan fingerprint density at radius 1 is 0.966 bits per heavy atom. The maximum Gasteiger partial charge on any atom is 0.123 e. The Kier molecular flexibility index (Phi) is 6.07. The smallest absolute Gasteiger partial charge is 0.123 e. The molecular weight excluding hydrogens is 357 g/mol. The summed E-state index contributed by atoms with van der Waals surface area (Å²) < 4.78 is 13.4. The Morgan fingerprint density at radius 2 is 1.69 bits per heavy atom. The molecule has 152 valence electrons. The van der Waals surface area contributed by atoms with E-state index in [0.29, 0.717) is 35.6 Å². The Morgan fingerprint density at radius 3 is 2.34 bits per heavy atom. The molecule has 0 bridgehead atoms. The van der Waals surface area contributed by atoms with Crippen molar-refractivity contribution in [3.63, 3.8) is 0 Å². The molecule has 2 aliphatic carbocycles. The van der Waals surface area contributed by atoms with Crippen LogP contribution in [0.1, 0.15) is 61.6 Å². The van der Waals surface area contributed by atoms with Crippen LogP contribution in [-0.4, -0.2) is 6.04 Å². The van der Waals surface area contributed by atoms with E-state index in [9.17, 15) is 4.39 Å². The van der Waals surface area contributed by atoms with E-state index >= 15 is 0 Å². The second-order valence-corrected chi connectivity index (χ2v) is 9.52. The van der Waals surface area contributed by atoms with Gasteiger partial charge in [0.15, 0.2) is 0 Å². The summed E-state index contributed by atoms with van der Waals surface area (Å²) in [5.41, 5.74) is 10.0. The molecular formula is C27H32FN. The molecule has 4 rings (SSSR count). The Hall–Kier alpha value is -2.11. The molecule has 29 heavy (non-hydrogen) atoms. The van der Waals surface area contributed by atoms with Crippen LogP contribution in [-0.2, 0) is 6.42 Å². The van der Waals surface area contributed by atoms with Gasteiger partial charge in [-0.25, -0.2) is 4.39 Å². The Labute approximate surface area is 174 Å². The van der Waals surface area contributed by atoms with Crippen LogP contribution < -0.4 is 5.73 Å². The lowest BCUT2D eigenvalue weighted by Gasteiger charge is -2.37. The van der Waals surface area contributed by atoms with Crippen molar-refractivity contribution in [1.29, 1.82) is 0 Å². The van der Waals surface area contributed by atoms with Gasteiger partial charge in [0.2, 0.25) is 0 Å². The lowest BCUT2D eigenvalue weighted by Crippen LogP contribution is -2.36. The van der Waals surface area contributed by atoms with Crippen LogP contribution in [0.15, 0.2) is 48.5 Å². The van der Waals surface area contributed by atoms with Crippen LogP contribution >= 0.6 is 0 Å². The quantitative estimate of drug-likeness (QED) is 0.645. The third-order valence-electron chi connectivity index (χ3n) is 7.33. The first-order valence-corrected chi connectivity index (χ1v) is 11.1. The summed E-state index contributed by atoms with van der Waals surface area (Å²) in [4.78, 5) is 0. The van der Waals surface area contributed by atoms with Crippen molar-refractivity contribution < 1.29 is 4.39 Å². The van der Waals surface area contributed by atoms with E-state index in [0.717, 1.165) is 24.8 Å². The first kappa shape index (κ1) is 20.2. The molecule has 2 saturated carbocycles. The summed E-state index contributed by atoms with van der Waals surface area (Å²) in [5.74, 6) is 5.82. The molecule has 2 fully saturated rings. The number of hydrogen-bond acceptors (Lipinski definition) is 1. The zero-order valence-corrected chi connectivity index (χ0v) is 17.4. The highest BCUT2D eigenvalue weighted by molar-refractivity contribution is 5.34. The van der Waals surface area contributed by atoms with Gasteiger partial charge in [-0.1, -0.05) is 37.1 Å². The minimum atomic E-state index is -0.152. The molecule has 1 nitrogen and oxygen atoms in total. The topological polar surface area (TPSA) is 26.0 Å². The zero-order chi connectivity index (χ0) is 20.4. The van der Waals surface area contributed by atoms with Crippen LogP contribution in [0.3, 0.4) is 0 Å². The number of terminal acetylenes is 1. The van der Waals surface area contributed by atoms with Gasteiger partial charge in [0, 0.05) is 11.6 Å². The van der Waals surface area contributed by atoms with Crippen molar-refractivity contribution >= 4 is 0 Å². The first-order chi connectivity index (χ1) is 14.0. The third kappa shape index (κ3) is 4.73. The van der Waals surface area contributed by atoms with Crippen LogP contribution in [0.2, 0.25) is 0 Å². The minimum Gasteiger partial charge on any atom is -0.328 e. The molecule has 0 aliphatic heterocycles. The van der Waals surface area contributed by atoms with Gasteiger partial charge in [-0.2, -0.15) is 0 Å². The molecule has 0 spiro atoms. The number of nitrogens with two attached hydrogens (primary N) is 1. The summed E-state index contributed by atoms with van der Waals surface area (Å²) in [6.07, 6.45) is 12.6. The first-order valence-electron chi connectivity index (χ1n) is 11.1. The number of rotatable bonds is 4. The molecule has 0 amide bonds. The number of benzene rings is 2. The maximum atomic E-state index is 13.4. The molecule has 2 heteroatoms. The average molecular weight is 390 g/mol. The monoisotopic (exact) mass is 389 g/mol. The average Bonchev–Trinajstić information content (AvgIpc) is 3.12. The van der Waals surface area contributed by atoms with Crippen LogP contribution in [0.4, 0.5) is 4.39 Å². The second kappa shape index (κ2) is 8.72. The van der Waals surface area contributed by atoms with E-state index in [2.05, 4.69) is 37.1 Å². The molecule has 2 aliphatic rings. The lowest BCUT2D eigenvalue weighted by molar-refractivity contribution is 0.154. The minimum absolute atomic E-state index is 0.152. The fraction of sp³-hybridized carbons (Fsp3) is 0.481. The summed E-state index contributed by atoms with van der Waals surface area (Å²) in [5, 5.41) is 0. The molecule has 6 unspecified atom stereocenters. The van der Waals surface area contributed by atoms with E-state index in [-0.39, 0.29) is 5.82 Å². The predicted octanol–water partition coefficient (Wildman–Crippen LogP) is 5.92. The highest BCUT2D eigenvalue weighted by Crippen LogP contribution is 2.50. The largest absolute Gasteiger partial charge is 0.328 e. The normalized spacial score (nSPS) is 32.1. The Bertz CT molecular complexity index is 838. The van der Waals surface area contributed by atoms with E-state index in [1.807, 2.05) is 12.1 Å². The van der Waals surface area contributed by atoms with Crippen LogP contribution in [0.25, 0.3) is 0 Å². The van der Waals surface area contributed by atoms with E-state index in [1.165, 1.54) is 30.4 Å². The predicted molar refractivity (Wildman–Crippen MR) is 118 cm³/mol. The standard InChI is InChI=1S/C27H32FN/c1-3-19-4-6-20(7-5-19)14-24-15-22(21-8-10-25(28)11-9-21)17-27(24)23-12-18(2)13-26(29)16-23/h1,4-11,18,22-24,26-27H,12-17,29H2,2H3. The van der Waals surface area contributed by atoms with Crippen molar-refractivity contribution in [2.24, 2.45) is 29.4 Å². The molecule has 0 saturated heterocycles. The van der Waals surface area contributed by atoms with Gasteiger partial charge >= 0.3 is 0 Å². The maximum absolute atomic E-state index is 13.4. The van der Waals surface area contributed by atoms with Gasteiger partial charge in [0.25, 0.3) is 0 Å². The zero-order valence-electron chi connectivity index (χ0n) is 17.4. The van der Waals surface area contributed by atoms with Crippen molar-refractivity contribution in [3.8, 4) is 12.3 Å². The van der Waals surface area contributed by atoms with Gasteiger partial charge in [-0.3, -0.25) is 0 Å². The molecule has 2 aromatic carbocycles. The molecule has 0 heterocycles. The van der Waals surface area contributed by atoms with Gasteiger partial charge in [0.05, 0.1) is 0 Å². The van der Waals surface area contributed by atoms with E-state index < -0.39 is 0 Å². The summed E-state index contributed by atoms with van der Waals surface area (Å²) >= 11 is 0. The third-order valence-corrected chi connectivity index (χ3v) is 7.33. The van der Waals surface area contributed by atoms with Gasteiger partial charge in [-0.05, 0) is 104 Å². The molecule has 0 radical (unpaired) electrons. The van der Waals surface area contributed by atoms with Crippen LogP contribution in [0, 0.1) is 41.8 Å². The van der Waals surface area contributed by atoms with Crippen molar-refractivity contribution in [2.75, 3.05) is 0 Å². The highest BCUT2D eigenvalue weighted by atomic mass is 19.1. The highest BCUT2D eigenvalue weighted by Gasteiger charge is 2.41. The van der Waals surface area contributed by atoms with Gasteiger partial charge in [-0.15, -0.1) is 6.42 Å². The molecule has 6 atom stereocenters. The van der Waals surface area contributed by atoms with Gasteiger partial charge in [0.1, 0.15) is 5.82 Å². The second-order valence-electron chi connectivity index (χ2n) is 9.52. The fourth-order valence-electron chi connectivity index (χ4n) is 6.08. The van der Waals surface area contributed by atoms with Crippen molar-refractivity contribution in [3.05, 3.63) is 71.0 Å². The molecule has 2 aromatic rings. The summed E-state index contributed by atoms with van der Waals surface area (Å²) in [7, 11) is 0. The lowest BCUT2D eigenvalue weighted by atomic mass is 9.70. The number of hydrogen-bond donors (Lipinski definition) is 1. The fourth-order valence-corrected chi connectivity index (χ4v) is 6.08. The van der Waals surface area contributed by atoms with Gasteiger partial charge < -0.3 is 5.73 Å². The van der Waals surface area contributed by atoms with Crippen molar-refractivity contribution in [1.82, 2.24) is 0 Å². The van der Waals surface area contributed by atoms with Crippen LogP contribution in [0.5, 0.6) is 0 Å². The van der Waals surface area contributed by atoms with Crippen molar-refractivity contribution in [2.45, 2.75) is 57.4 Å².